The van der Waals surface area contributed by atoms with Crippen LogP contribution in [-0.2, 0) is 18.9 Å². The van der Waals surface area contributed by atoms with Gasteiger partial charge in [0.15, 0.2) is 23.0 Å². The summed E-state index contributed by atoms with van der Waals surface area (Å²) in [5.41, 5.74) is 6.38. The molecule has 6 nitrogen and oxygen atoms in total. The molecule has 3 aromatic rings. The number of ether oxygens (including phenoxy) is 6. The van der Waals surface area contributed by atoms with Crippen LogP contribution in [0.15, 0.2) is 72.2 Å². The highest BCUT2D eigenvalue weighted by Crippen LogP contribution is 2.55. The van der Waals surface area contributed by atoms with Crippen molar-refractivity contribution in [2.45, 2.75) is 53.4 Å². The number of rotatable bonds is 14. The van der Waals surface area contributed by atoms with E-state index in [1.165, 1.54) is 0 Å². The predicted molar refractivity (Wildman–Crippen MR) is 166 cm³/mol. The van der Waals surface area contributed by atoms with Gasteiger partial charge in [-0.25, -0.2) is 0 Å². The van der Waals surface area contributed by atoms with Gasteiger partial charge in [0, 0.05) is 0 Å². The average Bonchev–Trinajstić information content (AvgIpc) is 3.47. The highest BCUT2D eigenvalue weighted by atomic mass is 16.5. The smallest absolute Gasteiger partial charge is 0.169 e. The summed E-state index contributed by atoms with van der Waals surface area (Å²) < 4.78 is 37.7. The lowest BCUT2D eigenvalue weighted by Crippen LogP contribution is -2.13. The summed E-state index contributed by atoms with van der Waals surface area (Å²) in [5, 5.41) is 0. The van der Waals surface area contributed by atoms with Crippen LogP contribution < -0.4 is 9.47 Å². The fourth-order valence-corrected chi connectivity index (χ4v) is 6.24. The maximum absolute atomic E-state index is 6.43. The van der Waals surface area contributed by atoms with Crippen LogP contribution in [0.2, 0.25) is 0 Å². The minimum absolute atomic E-state index is 0.185. The van der Waals surface area contributed by atoms with Crippen molar-refractivity contribution in [3.8, 4) is 11.5 Å². The number of fused-ring (bicyclic) bond motifs is 2. The first-order valence-corrected chi connectivity index (χ1v) is 15.2. The summed E-state index contributed by atoms with van der Waals surface area (Å²) in [6, 6.07) is 21.0. The van der Waals surface area contributed by atoms with Crippen LogP contribution in [-0.4, -0.2) is 39.6 Å². The summed E-state index contributed by atoms with van der Waals surface area (Å²) in [5.74, 6) is 4.35. The normalized spacial score (nSPS) is 17.2. The molecule has 0 aromatic heterocycles. The second-order valence-corrected chi connectivity index (χ2v) is 9.92. The molecule has 2 aliphatic rings. The van der Waals surface area contributed by atoms with Crippen LogP contribution in [0, 0.1) is 0 Å². The monoisotopic (exact) mass is 570 g/mol. The third-order valence-electron chi connectivity index (χ3n) is 7.56. The number of allylic oxidation sites excluding steroid dienone is 2. The largest absolute Gasteiger partial charge is 0.493 e. The number of hydrogen-bond donors (Lipinski definition) is 0. The first-order valence-electron chi connectivity index (χ1n) is 15.2. The third-order valence-corrected chi connectivity index (χ3v) is 7.56. The van der Waals surface area contributed by atoms with Crippen LogP contribution >= 0.6 is 0 Å². The van der Waals surface area contributed by atoms with Crippen molar-refractivity contribution in [1.29, 1.82) is 0 Å². The Morgan fingerprint density at radius 3 is 1.12 bits per heavy atom. The van der Waals surface area contributed by atoms with Gasteiger partial charge in [0.1, 0.15) is 11.5 Å². The maximum atomic E-state index is 6.43. The lowest BCUT2D eigenvalue weighted by molar-refractivity contribution is 0.195. The zero-order valence-electron chi connectivity index (χ0n) is 25.6. The van der Waals surface area contributed by atoms with Crippen molar-refractivity contribution in [2.24, 2.45) is 0 Å². The molecule has 42 heavy (non-hydrogen) atoms. The van der Waals surface area contributed by atoms with E-state index in [0.29, 0.717) is 39.6 Å². The van der Waals surface area contributed by atoms with E-state index in [4.69, 9.17) is 28.4 Å². The zero-order chi connectivity index (χ0) is 29.6. The van der Waals surface area contributed by atoms with Gasteiger partial charge in [0.2, 0.25) is 0 Å². The van der Waals surface area contributed by atoms with Crippen LogP contribution in [0.3, 0.4) is 0 Å². The second-order valence-electron chi connectivity index (χ2n) is 9.92. The molecule has 0 fully saturated rings. The molecular weight excluding hydrogens is 528 g/mol. The molecule has 0 bridgehead atoms. The molecule has 0 spiro atoms. The van der Waals surface area contributed by atoms with Crippen molar-refractivity contribution in [2.75, 3.05) is 39.6 Å². The van der Waals surface area contributed by atoms with Gasteiger partial charge in [-0.2, -0.15) is 0 Å². The molecule has 0 amide bonds. The minimum Gasteiger partial charge on any atom is -0.493 e. The molecule has 0 aliphatic heterocycles. The van der Waals surface area contributed by atoms with Gasteiger partial charge in [-0.15, -0.1) is 0 Å². The fourth-order valence-electron chi connectivity index (χ4n) is 6.24. The van der Waals surface area contributed by atoms with Crippen molar-refractivity contribution >= 4 is 11.5 Å². The second kappa shape index (κ2) is 13.3. The molecule has 0 N–H and O–H groups in total. The van der Waals surface area contributed by atoms with Crippen LogP contribution in [0.25, 0.3) is 11.5 Å². The van der Waals surface area contributed by atoms with Gasteiger partial charge in [0.05, 0.1) is 62.6 Å². The van der Waals surface area contributed by atoms with Crippen molar-refractivity contribution in [3.05, 3.63) is 106 Å². The third kappa shape index (κ3) is 5.08. The summed E-state index contributed by atoms with van der Waals surface area (Å²) in [6.07, 6.45) is 0. The molecule has 3 aromatic carbocycles. The van der Waals surface area contributed by atoms with Gasteiger partial charge in [-0.3, -0.25) is 0 Å². The molecule has 0 saturated carbocycles. The Morgan fingerprint density at radius 1 is 0.405 bits per heavy atom. The van der Waals surface area contributed by atoms with Gasteiger partial charge in [-0.1, -0.05) is 48.5 Å². The van der Waals surface area contributed by atoms with Gasteiger partial charge < -0.3 is 28.4 Å². The SMILES string of the molecule is CCOC1=C(OCC)C(c2ccccc2C2C(OCC)=C(OCC)c3c(OCC)cccc32)c2cccc(OCC)c21. The zero-order valence-corrected chi connectivity index (χ0v) is 25.6. The van der Waals surface area contributed by atoms with E-state index >= 15 is 0 Å². The van der Waals surface area contributed by atoms with Gasteiger partial charge >= 0.3 is 0 Å². The lowest BCUT2D eigenvalue weighted by Gasteiger charge is -2.25. The van der Waals surface area contributed by atoms with Crippen molar-refractivity contribution < 1.29 is 28.4 Å². The van der Waals surface area contributed by atoms with Crippen molar-refractivity contribution in [1.82, 2.24) is 0 Å². The molecule has 0 heterocycles. The Labute approximate surface area is 249 Å². The maximum Gasteiger partial charge on any atom is 0.169 e. The number of benzene rings is 3. The molecule has 6 heteroatoms. The molecule has 2 aliphatic carbocycles. The average molecular weight is 571 g/mol. The van der Waals surface area contributed by atoms with E-state index < -0.39 is 0 Å². The highest BCUT2D eigenvalue weighted by molar-refractivity contribution is 5.82. The first-order chi connectivity index (χ1) is 20.6. The van der Waals surface area contributed by atoms with Gasteiger partial charge in [-0.05, 0) is 75.9 Å². The summed E-state index contributed by atoms with van der Waals surface area (Å²) in [4.78, 5) is 0. The molecule has 5 rings (SSSR count). The fraction of sp³-hybridized carbons (Fsp3) is 0.389. The molecule has 222 valence electrons. The van der Waals surface area contributed by atoms with E-state index in [1.807, 2.05) is 53.7 Å². The molecule has 0 saturated heterocycles. The van der Waals surface area contributed by atoms with Crippen LogP contribution in [0.4, 0.5) is 0 Å². The topological polar surface area (TPSA) is 55.4 Å². The minimum atomic E-state index is -0.185. The van der Waals surface area contributed by atoms with E-state index in [0.717, 1.165) is 67.9 Å². The van der Waals surface area contributed by atoms with Gasteiger partial charge in [0.25, 0.3) is 0 Å². The standard InChI is InChI=1S/C36H42O6/c1-7-37-27-21-15-19-25-29(33(39-9-3)35(31(25)27)41-11-5)23-17-13-14-18-24(23)30-26-20-16-22-28(38-8-2)32(26)36(42-12-6)34(30)40-10-4/h13-22,29-30H,7-12H2,1-6H3. The predicted octanol–water partition coefficient (Wildman–Crippen LogP) is 8.26. The highest BCUT2D eigenvalue weighted by Gasteiger charge is 2.43. The Kier molecular flexibility index (Phi) is 9.31. The van der Waals surface area contributed by atoms with E-state index in [9.17, 15) is 0 Å². The quantitative estimate of drug-likeness (QED) is 0.194. The number of hydrogen-bond acceptors (Lipinski definition) is 6. The van der Waals surface area contributed by atoms with E-state index in [1.54, 1.807) is 0 Å². The lowest BCUT2D eigenvalue weighted by atomic mass is 9.81. The van der Waals surface area contributed by atoms with Crippen LogP contribution in [0.1, 0.15) is 86.8 Å². The molecule has 2 unspecified atom stereocenters. The molecule has 0 radical (unpaired) electrons. The summed E-state index contributed by atoms with van der Waals surface area (Å²) in [7, 11) is 0. The molecular formula is C36H42O6. The molecule has 2 atom stereocenters. The Balaban J connectivity index is 1.77. The van der Waals surface area contributed by atoms with Crippen LogP contribution in [0.5, 0.6) is 11.5 Å². The van der Waals surface area contributed by atoms with E-state index in [2.05, 4.69) is 48.5 Å². The van der Waals surface area contributed by atoms with E-state index in [-0.39, 0.29) is 11.8 Å². The first kappa shape index (κ1) is 29.4. The Bertz CT molecular complexity index is 1360. The Hall–Kier alpha value is -4.06. The Morgan fingerprint density at radius 2 is 0.762 bits per heavy atom. The summed E-state index contributed by atoms with van der Waals surface area (Å²) in [6.45, 7) is 15.2. The summed E-state index contributed by atoms with van der Waals surface area (Å²) >= 11 is 0. The van der Waals surface area contributed by atoms with Crippen molar-refractivity contribution in [3.63, 3.8) is 0 Å².